The zero-order valence-corrected chi connectivity index (χ0v) is 14.5. The summed E-state index contributed by atoms with van der Waals surface area (Å²) in [7, 11) is 0. The van der Waals surface area contributed by atoms with E-state index in [1.807, 2.05) is 12.1 Å². The zero-order chi connectivity index (χ0) is 14.9. The lowest BCUT2D eigenvalue weighted by Crippen LogP contribution is -2.46. The largest absolute Gasteiger partial charge is 0.441 e. The molecule has 0 aliphatic carbocycles. The van der Waals surface area contributed by atoms with E-state index in [1.54, 1.807) is 13.0 Å². The summed E-state index contributed by atoms with van der Waals surface area (Å²) in [5.74, 6) is 0.556. The van der Waals surface area contributed by atoms with Gasteiger partial charge in [-0.2, -0.15) is 0 Å². The van der Waals surface area contributed by atoms with Crippen LogP contribution in [-0.4, -0.2) is 30.6 Å². The number of hydrogen-bond acceptors (Lipinski definition) is 5. The molecule has 3 rings (SSSR count). The molecule has 1 saturated heterocycles. The zero-order valence-electron chi connectivity index (χ0n) is 12.8. The molecule has 3 N–H and O–H groups in total. The maximum atomic E-state index is 12.6. The Bertz CT molecular complexity index is 669. The molecule has 8 heteroatoms. The summed E-state index contributed by atoms with van der Waals surface area (Å²) in [6.45, 7) is 3.27. The number of carbonyl (C=O) groups excluding carboxylic acids is 1. The number of aromatic nitrogens is 1. The molecule has 0 spiro atoms. The maximum absolute atomic E-state index is 12.6. The number of aryl methyl sites for hydroxylation is 1. The predicted molar refractivity (Wildman–Crippen MR) is 93.4 cm³/mol. The van der Waals surface area contributed by atoms with Gasteiger partial charge in [-0.3, -0.25) is 4.79 Å². The third-order valence-electron chi connectivity index (χ3n) is 4.08. The molecule has 23 heavy (non-hydrogen) atoms. The molecule has 1 aromatic carbocycles. The molecule has 2 aromatic rings. The fourth-order valence-electron chi connectivity index (χ4n) is 2.67. The topological polar surface area (TPSA) is 90.4 Å². The number of nitrogens with one attached hydrogen (secondary N) is 1. The Morgan fingerprint density at radius 1 is 1.35 bits per heavy atom. The molecule has 0 bridgehead atoms. The van der Waals surface area contributed by atoms with Gasteiger partial charge in [0.2, 0.25) is 5.91 Å². The first-order valence-electron chi connectivity index (χ1n) is 7.09. The smallest absolute Gasteiger partial charge is 0.232 e. The van der Waals surface area contributed by atoms with Gasteiger partial charge in [-0.25, -0.2) is 4.98 Å². The van der Waals surface area contributed by atoms with Crippen LogP contribution in [0.5, 0.6) is 0 Å². The average molecular weight is 362 g/mol. The third kappa shape index (κ3) is 3.95. The highest BCUT2D eigenvalue weighted by Gasteiger charge is 2.38. The molecule has 1 aliphatic rings. The number of rotatable bonds is 3. The molecule has 1 amide bonds. The summed E-state index contributed by atoms with van der Waals surface area (Å²) in [5.41, 5.74) is 7.45. The van der Waals surface area contributed by atoms with Crippen LogP contribution in [0.4, 0.5) is 5.69 Å². The highest BCUT2D eigenvalue weighted by atomic mass is 35.5. The monoisotopic (exact) mass is 361 g/mol. The molecule has 1 aliphatic heterocycles. The van der Waals surface area contributed by atoms with Crippen molar-refractivity contribution in [2.45, 2.75) is 19.8 Å². The van der Waals surface area contributed by atoms with E-state index in [2.05, 4.69) is 10.3 Å². The number of anilines is 1. The summed E-state index contributed by atoms with van der Waals surface area (Å²) in [6, 6.07) is 5.45. The van der Waals surface area contributed by atoms with Gasteiger partial charge in [0.15, 0.2) is 11.5 Å². The lowest BCUT2D eigenvalue weighted by Gasteiger charge is -2.34. The fraction of sp³-hybridized carbons (Fsp3) is 0.467. The van der Waals surface area contributed by atoms with E-state index < -0.39 is 5.41 Å². The van der Waals surface area contributed by atoms with E-state index >= 15 is 0 Å². The minimum Gasteiger partial charge on any atom is -0.441 e. The summed E-state index contributed by atoms with van der Waals surface area (Å²) >= 11 is 0. The molecular formula is C15H21Cl2N3O3. The maximum Gasteiger partial charge on any atom is 0.232 e. The molecule has 0 saturated carbocycles. The summed E-state index contributed by atoms with van der Waals surface area (Å²) < 4.78 is 10.8. The van der Waals surface area contributed by atoms with Gasteiger partial charge in [-0.1, -0.05) is 0 Å². The normalized spacial score (nSPS) is 16.3. The summed E-state index contributed by atoms with van der Waals surface area (Å²) in [4.78, 5) is 16.8. The van der Waals surface area contributed by atoms with Crippen molar-refractivity contribution in [3.8, 4) is 0 Å². The first kappa shape index (κ1) is 19.7. The molecule has 0 unspecified atom stereocenters. The summed E-state index contributed by atoms with van der Waals surface area (Å²) in [6.07, 6.45) is 1.30. The number of fused-ring (bicyclic) bond motifs is 1. The van der Waals surface area contributed by atoms with E-state index in [4.69, 9.17) is 14.9 Å². The van der Waals surface area contributed by atoms with Crippen LogP contribution >= 0.6 is 24.8 Å². The lowest BCUT2D eigenvalue weighted by atomic mass is 9.79. The second-order valence-electron chi connectivity index (χ2n) is 5.47. The third-order valence-corrected chi connectivity index (χ3v) is 4.08. The van der Waals surface area contributed by atoms with Crippen LogP contribution in [0, 0.1) is 12.3 Å². The van der Waals surface area contributed by atoms with Crippen LogP contribution in [0.15, 0.2) is 22.6 Å². The Morgan fingerprint density at radius 3 is 2.70 bits per heavy atom. The van der Waals surface area contributed by atoms with E-state index in [-0.39, 0.29) is 30.7 Å². The van der Waals surface area contributed by atoms with Crippen LogP contribution in [0.25, 0.3) is 11.1 Å². The van der Waals surface area contributed by atoms with Crippen molar-refractivity contribution >= 4 is 47.5 Å². The van der Waals surface area contributed by atoms with Gasteiger partial charge in [0.1, 0.15) is 5.52 Å². The number of amides is 1. The Labute approximate surface area is 147 Å². The van der Waals surface area contributed by atoms with Crippen molar-refractivity contribution in [1.82, 2.24) is 4.98 Å². The number of ether oxygens (including phenoxy) is 1. The van der Waals surface area contributed by atoms with Crippen LogP contribution < -0.4 is 11.1 Å². The Balaban J connectivity index is 0.00000132. The molecule has 0 atom stereocenters. The number of benzene rings is 1. The van der Waals surface area contributed by atoms with E-state index in [0.717, 1.165) is 5.52 Å². The van der Waals surface area contributed by atoms with Gasteiger partial charge in [-0.05, 0) is 25.0 Å². The molecule has 0 radical (unpaired) electrons. The van der Waals surface area contributed by atoms with E-state index in [0.29, 0.717) is 49.8 Å². The first-order valence-corrected chi connectivity index (χ1v) is 7.09. The number of oxazole rings is 1. The highest BCUT2D eigenvalue weighted by molar-refractivity contribution is 5.96. The second-order valence-corrected chi connectivity index (χ2v) is 5.47. The number of carbonyl (C=O) groups is 1. The molecule has 128 valence electrons. The quantitative estimate of drug-likeness (QED) is 0.876. The molecular weight excluding hydrogens is 341 g/mol. The fourth-order valence-corrected chi connectivity index (χ4v) is 2.67. The number of hydrogen-bond donors (Lipinski definition) is 2. The minimum atomic E-state index is -0.537. The minimum absolute atomic E-state index is 0. The van der Waals surface area contributed by atoms with Gasteiger partial charge >= 0.3 is 0 Å². The second kappa shape index (κ2) is 7.97. The Hall–Kier alpha value is -1.34. The SMILES string of the molecule is Cc1nc2ccc(NC(=O)C3(CN)CCOCC3)cc2o1.Cl.Cl. The lowest BCUT2D eigenvalue weighted by molar-refractivity contribution is -0.130. The molecule has 6 nitrogen and oxygen atoms in total. The van der Waals surface area contributed by atoms with Gasteiger partial charge in [0.25, 0.3) is 0 Å². The van der Waals surface area contributed by atoms with Crippen LogP contribution in [-0.2, 0) is 9.53 Å². The van der Waals surface area contributed by atoms with Gasteiger partial charge < -0.3 is 20.2 Å². The Morgan fingerprint density at radius 2 is 2.04 bits per heavy atom. The number of nitrogens with zero attached hydrogens (tertiary/aromatic N) is 1. The van der Waals surface area contributed by atoms with Crippen LogP contribution in [0.1, 0.15) is 18.7 Å². The van der Waals surface area contributed by atoms with Crippen molar-refractivity contribution in [2.75, 3.05) is 25.1 Å². The van der Waals surface area contributed by atoms with Crippen molar-refractivity contribution in [2.24, 2.45) is 11.1 Å². The van der Waals surface area contributed by atoms with E-state index in [1.165, 1.54) is 0 Å². The van der Waals surface area contributed by atoms with Crippen molar-refractivity contribution < 1.29 is 13.9 Å². The predicted octanol–water partition coefficient (Wildman–Crippen LogP) is 2.67. The number of nitrogens with two attached hydrogens (primary N) is 1. The van der Waals surface area contributed by atoms with Crippen molar-refractivity contribution in [3.05, 3.63) is 24.1 Å². The summed E-state index contributed by atoms with van der Waals surface area (Å²) in [5, 5.41) is 2.94. The molecule has 1 fully saturated rings. The highest BCUT2D eigenvalue weighted by Crippen LogP contribution is 2.31. The first-order chi connectivity index (χ1) is 10.1. The Kier molecular flexibility index (Phi) is 6.83. The van der Waals surface area contributed by atoms with Gasteiger partial charge in [0.05, 0.1) is 5.41 Å². The number of halogens is 2. The average Bonchev–Trinajstić information content (AvgIpc) is 2.87. The molecule has 2 heterocycles. The van der Waals surface area contributed by atoms with E-state index in [9.17, 15) is 4.79 Å². The van der Waals surface area contributed by atoms with Gasteiger partial charge in [0, 0.05) is 38.4 Å². The standard InChI is InChI=1S/C15H19N3O3.2ClH/c1-10-17-12-3-2-11(8-13(12)21-10)18-14(19)15(9-16)4-6-20-7-5-15;;/h2-3,8H,4-7,9,16H2,1H3,(H,18,19);2*1H. The van der Waals surface area contributed by atoms with Gasteiger partial charge in [-0.15, -0.1) is 24.8 Å². The van der Waals surface area contributed by atoms with Crippen LogP contribution in [0.3, 0.4) is 0 Å². The van der Waals surface area contributed by atoms with Crippen molar-refractivity contribution in [3.63, 3.8) is 0 Å². The van der Waals surface area contributed by atoms with Crippen molar-refractivity contribution in [1.29, 1.82) is 0 Å². The van der Waals surface area contributed by atoms with Crippen LogP contribution in [0.2, 0.25) is 0 Å². The molecule has 1 aromatic heterocycles.